The molecule has 1 atom stereocenters. The number of carbonyl (C=O) groups is 1. The zero-order valence-corrected chi connectivity index (χ0v) is 22.0. The fourth-order valence-electron chi connectivity index (χ4n) is 3.68. The van der Waals surface area contributed by atoms with E-state index in [4.69, 9.17) is 17.0 Å². The van der Waals surface area contributed by atoms with Gasteiger partial charge in [0.15, 0.2) is 5.11 Å². The Morgan fingerprint density at radius 1 is 1.00 bits per heavy atom. The van der Waals surface area contributed by atoms with Gasteiger partial charge in [0.05, 0.1) is 17.3 Å². The first-order valence-electron chi connectivity index (χ1n) is 12.2. The number of anilines is 2. The van der Waals surface area contributed by atoms with Crippen molar-refractivity contribution >= 4 is 34.6 Å². The van der Waals surface area contributed by atoms with Crippen LogP contribution in [0.2, 0.25) is 0 Å². The summed E-state index contributed by atoms with van der Waals surface area (Å²) >= 11 is 5.46. The minimum absolute atomic E-state index is 0.0565. The van der Waals surface area contributed by atoms with Crippen LogP contribution in [0.3, 0.4) is 0 Å². The lowest BCUT2D eigenvalue weighted by molar-refractivity contribution is 0.102. The standard InChI is InChI=1S/C28H32F2N4O2S/c1-4-34(5-2)16-17-36-26-18-22(32-28(37)31-19(3)20-10-12-21(29)13-11-20)14-15-25(26)33-27(35)23-8-6-7-9-24(23)30/h6-15,18-19H,4-5,16-17H2,1-3H3,(H,33,35)(H2,31,32,37). The maximum absolute atomic E-state index is 14.1. The van der Waals surface area contributed by atoms with Gasteiger partial charge in [-0.3, -0.25) is 4.79 Å². The van der Waals surface area contributed by atoms with E-state index < -0.39 is 11.7 Å². The molecule has 0 saturated carbocycles. The van der Waals surface area contributed by atoms with Crippen molar-refractivity contribution in [1.82, 2.24) is 10.2 Å². The van der Waals surface area contributed by atoms with Crippen LogP contribution in [-0.2, 0) is 0 Å². The average molecular weight is 527 g/mol. The molecule has 196 valence electrons. The maximum atomic E-state index is 14.1. The first-order valence-corrected chi connectivity index (χ1v) is 12.6. The molecule has 0 radical (unpaired) electrons. The van der Waals surface area contributed by atoms with Crippen LogP contribution in [0.15, 0.2) is 66.7 Å². The molecular weight excluding hydrogens is 494 g/mol. The molecule has 0 aliphatic heterocycles. The molecule has 0 aliphatic carbocycles. The number of hydrogen-bond acceptors (Lipinski definition) is 4. The SMILES string of the molecule is CCN(CC)CCOc1cc(NC(=S)NC(C)c2ccc(F)cc2)ccc1NC(=O)c1ccccc1F. The van der Waals surface area contributed by atoms with E-state index in [-0.39, 0.29) is 17.4 Å². The summed E-state index contributed by atoms with van der Waals surface area (Å²) in [5.41, 5.74) is 1.89. The number of thiocarbonyl (C=S) groups is 1. The maximum Gasteiger partial charge on any atom is 0.258 e. The summed E-state index contributed by atoms with van der Waals surface area (Å²) in [6, 6.07) is 17.0. The highest BCUT2D eigenvalue weighted by Crippen LogP contribution is 2.29. The van der Waals surface area contributed by atoms with Crippen molar-refractivity contribution in [2.24, 2.45) is 0 Å². The van der Waals surface area contributed by atoms with Gasteiger partial charge in [-0.05, 0) is 74.2 Å². The Kier molecular flexibility index (Phi) is 10.3. The quantitative estimate of drug-likeness (QED) is 0.267. The second kappa shape index (κ2) is 13.7. The lowest BCUT2D eigenvalue weighted by Crippen LogP contribution is -2.31. The molecule has 1 amide bonds. The second-order valence-corrected chi connectivity index (χ2v) is 8.80. The summed E-state index contributed by atoms with van der Waals surface area (Å²) in [5.74, 6) is -1.05. The van der Waals surface area contributed by atoms with E-state index in [1.165, 1.54) is 30.3 Å². The van der Waals surface area contributed by atoms with Crippen LogP contribution in [0.4, 0.5) is 20.2 Å². The number of halogens is 2. The van der Waals surface area contributed by atoms with E-state index in [0.29, 0.717) is 35.4 Å². The number of likely N-dealkylation sites (N-methyl/N-ethyl adjacent to an activating group) is 1. The third kappa shape index (κ3) is 8.23. The Hall–Kier alpha value is -3.56. The molecule has 3 aromatic rings. The molecular formula is C28H32F2N4O2S. The van der Waals surface area contributed by atoms with Crippen LogP contribution in [0.1, 0.15) is 42.7 Å². The van der Waals surface area contributed by atoms with E-state index in [2.05, 4.69) is 34.7 Å². The summed E-state index contributed by atoms with van der Waals surface area (Å²) in [5, 5.41) is 9.41. The normalized spacial score (nSPS) is 11.6. The van der Waals surface area contributed by atoms with Gasteiger partial charge in [0.1, 0.15) is 24.0 Å². The lowest BCUT2D eigenvalue weighted by atomic mass is 10.1. The van der Waals surface area contributed by atoms with Gasteiger partial charge >= 0.3 is 0 Å². The largest absolute Gasteiger partial charge is 0.490 e. The van der Waals surface area contributed by atoms with E-state index in [1.54, 1.807) is 36.4 Å². The van der Waals surface area contributed by atoms with Crippen molar-refractivity contribution in [1.29, 1.82) is 0 Å². The summed E-state index contributed by atoms with van der Waals surface area (Å²) < 4.78 is 33.4. The summed E-state index contributed by atoms with van der Waals surface area (Å²) in [7, 11) is 0. The predicted octanol–water partition coefficient (Wildman–Crippen LogP) is 5.99. The minimum atomic E-state index is -0.603. The lowest BCUT2D eigenvalue weighted by Gasteiger charge is -2.20. The zero-order valence-electron chi connectivity index (χ0n) is 21.2. The molecule has 0 saturated heterocycles. The van der Waals surface area contributed by atoms with Crippen molar-refractivity contribution in [3.05, 3.63) is 89.5 Å². The highest BCUT2D eigenvalue weighted by molar-refractivity contribution is 7.80. The molecule has 3 N–H and O–H groups in total. The van der Waals surface area contributed by atoms with Crippen LogP contribution in [0, 0.1) is 11.6 Å². The Morgan fingerprint density at radius 2 is 1.70 bits per heavy atom. The van der Waals surface area contributed by atoms with Crippen LogP contribution < -0.4 is 20.7 Å². The topological polar surface area (TPSA) is 65.6 Å². The van der Waals surface area contributed by atoms with Crippen molar-refractivity contribution in [3.8, 4) is 5.75 Å². The third-order valence-corrected chi connectivity index (χ3v) is 6.10. The summed E-state index contributed by atoms with van der Waals surface area (Å²) in [6.07, 6.45) is 0. The van der Waals surface area contributed by atoms with Gasteiger partial charge in [-0.25, -0.2) is 8.78 Å². The molecule has 3 aromatic carbocycles. The van der Waals surface area contributed by atoms with Crippen molar-refractivity contribution < 1.29 is 18.3 Å². The first kappa shape index (κ1) is 28.0. The van der Waals surface area contributed by atoms with Gasteiger partial charge in [-0.2, -0.15) is 0 Å². The summed E-state index contributed by atoms with van der Waals surface area (Å²) in [6.45, 7) is 8.97. The molecule has 1 unspecified atom stereocenters. The zero-order chi connectivity index (χ0) is 26.8. The minimum Gasteiger partial charge on any atom is -0.490 e. The first-order chi connectivity index (χ1) is 17.8. The number of nitrogens with zero attached hydrogens (tertiary/aromatic N) is 1. The molecule has 0 fully saturated rings. The Balaban J connectivity index is 1.74. The fraction of sp³-hybridized carbons (Fsp3) is 0.286. The van der Waals surface area contributed by atoms with E-state index in [9.17, 15) is 13.6 Å². The number of carbonyl (C=O) groups excluding carboxylic acids is 1. The molecule has 0 spiro atoms. The molecule has 0 aromatic heterocycles. The number of rotatable bonds is 11. The number of nitrogens with one attached hydrogen (secondary N) is 3. The van der Waals surface area contributed by atoms with E-state index >= 15 is 0 Å². The number of hydrogen-bond donors (Lipinski definition) is 3. The van der Waals surface area contributed by atoms with Crippen molar-refractivity contribution in [2.45, 2.75) is 26.8 Å². The highest BCUT2D eigenvalue weighted by Gasteiger charge is 2.15. The summed E-state index contributed by atoms with van der Waals surface area (Å²) in [4.78, 5) is 14.9. The monoisotopic (exact) mass is 526 g/mol. The molecule has 0 bridgehead atoms. The fourth-order valence-corrected chi connectivity index (χ4v) is 3.98. The van der Waals surface area contributed by atoms with Crippen molar-refractivity contribution in [3.63, 3.8) is 0 Å². The highest BCUT2D eigenvalue weighted by atomic mass is 32.1. The second-order valence-electron chi connectivity index (χ2n) is 8.39. The molecule has 3 rings (SSSR count). The molecule has 6 nitrogen and oxygen atoms in total. The molecule has 37 heavy (non-hydrogen) atoms. The third-order valence-electron chi connectivity index (χ3n) is 5.88. The smallest absolute Gasteiger partial charge is 0.258 e. The van der Waals surface area contributed by atoms with E-state index in [1.807, 2.05) is 6.92 Å². The molecule has 9 heteroatoms. The van der Waals surface area contributed by atoms with Crippen LogP contribution >= 0.6 is 12.2 Å². The molecule has 0 aliphatic rings. The van der Waals surface area contributed by atoms with Gasteiger partial charge < -0.3 is 25.6 Å². The van der Waals surface area contributed by atoms with Gasteiger partial charge in [0, 0.05) is 18.3 Å². The van der Waals surface area contributed by atoms with Gasteiger partial charge in [0.25, 0.3) is 5.91 Å². The van der Waals surface area contributed by atoms with Crippen LogP contribution in [0.5, 0.6) is 5.75 Å². The van der Waals surface area contributed by atoms with Gasteiger partial charge in [-0.1, -0.05) is 38.1 Å². The average Bonchev–Trinajstić information content (AvgIpc) is 2.88. The van der Waals surface area contributed by atoms with E-state index in [0.717, 1.165) is 18.7 Å². The Labute approximate surface area is 222 Å². The van der Waals surface area contributed by atoms with Crippen LogP contribution in [0.25, 0.3) is 0 Å². The van der Waals surface area contributed by atoms with Crippen LogP contribution in [-0.4, -0.2) is 42.2 Å². The number of ether oxygens (including phenoxy) is 1. The molecule has 0 heterocycles. The number of amides is 1. The Bertz CT molecular complexity index is 1200. The predicted molar refractivity (Wildman–Crippen MR) is 148 cm³/mol. The van der Waals surface area contributed by atoms with Gasteiger partial charge in [0.2, 0.25) is 0 Å². The van der Waals surface area contributed by atoms with Gasteiger partial charge in [-0.15, -0.1) is 0 Å². The van der Waals surface area contributed by atoms with Crippen molar-refractivity contribution in [2.75, 3.05) is 36.9 Å². The number of benzene rings is 3. The Morgan fingerprint density at radius 3 is 2.38 bits per heavy atom.